The predicted molar refractivity (Wildman–Crippen MR) is 206 cm³/mol. The smallest absolute Gasteiger partial charge is 0.462 e. The van der Waals surface area contributed by atoms with Gasteiger partial charge in [-0.05, 0) is 12.8 Å². The lowest BCUT2D eigenvalue weighted by Crippen LogP contribution is -2.29. The molecule has 0 rings (SSSR count). The number of carbonyl (C=O) groups is 2. The van der Waals surface area contributed by atoms with Gasteiger partial charge in [0.1, 0.15) is 6.61 Å². The van der Waals surface area contributed by atoms with Crippen LogP contribution in [0.5, 0.6) is 0 Å². The van der Waals surface area contributed by atoms with Crippen LogP contribution in [-0.4, -0.2) is 49.3 Å². The molecule has 0 amide bonds. The molecular weight excluding hydrogens is 653 g/mol. The Kier molecular flexibility index (Phi) is 37.0. The molecule has 9 nitrogen and oxygen atoms in total. The molecule has 0 aliphatic carbocycles. The zero-order chi connectivity index (χ0) is 36.8. The Morgan fingerprint density at radius 2 is 0.860 bits per heavy atom. The lowest BCUT2D eigenvalue weighted by Gasteiger charge is -2.19. The number of phosphoric acid groups is 1. The van der Waals surface area contributed by atoms with Crippen LogP contribution in [-0.2, 0) is 32.7 Å². The summed E-state index contributed by atoms with van der Waals surface area (Å²) in [7, 11) is -4.36. The maximum Gasteiger partial charge on any atom is 0.472 e. The highest BCUT2D eigenvalue weighted by Gasteiger charge is 2.26. The van der Waals surface area contributed by atoms with Crippen molar-refractivity contribution < 1.29 is 37.6 Å². The van der Waals surface area contributed by atoms with Gasteiger partial charge in [-0.15, -0.1) is 0 Å². The van der Waals surface area contributed by atoms with Crippen molar-refractivity contribution in [3.8, 4) is 0 Å². The summed E-state index contributed by atoms with van der Waals surface area (Å²) in [5, 5.41) is 0. The van der Waals surface area contributed by atoms with Gasteiger partial charge in [-0.25, -0.2) is 4.57 Å². The van der Waals surface area contributed by atoms with Crippen LogP contribution in [0, 0.1) is 0 Å². The number of phosphoric ester groups is 1. The summed E-state index contributed by atoms with van der Waals surface area (Å²) < 4.78 is 32.6. The van der Waals surface area contributed by atoms with E-state index in [0.29, 0.717) is 6.42 Å². The third-order valence-corrected chi connectivity index (χ3v) is 10.2. The number of rotatable bonds is 40. The molecule has 3 N–H and O–H groups in total. The summed E-state index contributed by atoms with van der Waals surface area (Å²) in [6.45, 7) is 3.71. The molecule has 0 aromatic rings. The van der Waals surface area contributed by atoms with E-state index in [0.717, 1.165) is 32.1 Å². The predicted octanol–water partition coefficient (Wildman–Crippen LogP) is 11.7. The fraction of sp³-hybridized carbons (Fsp3) is 0.950. The molecule has 0 aliphatic heterocycles. The van der Waals surface area contributed by atoms with Gasteiger partial charge in [0.25, 0.3) is 0 Å². The molecule has 2 atom stereocenters. The molecule has 0 aromatic carbocycles. The first-order valence-corrected chi connectivity index (χ1v) is 22.5. The van der Waals surface area contributed by atoms with Gasteiger partial charge < -0.3 is 20.1 Å². The maximum absolute atomic E-state index is 12.5. The molecule has 2 unspecified atom stereocenters. The number of hydrogen-bond acceptors (Lipinski definition) is 8. The van der Waals surface area contributed by atoms with Crippen molar-refractivity contribution in [2.45, 2.75) is 219 Å². The van der Waals surface area contributed by atoms with E-state index < -0.39 is 26.5 Å². The second kappa shape index (κ2) is 37.8. The minimum Gasteiger partial charge on any atom is -0.462 e. The minimum atomic E-state index is -4.36. The highest BCUT2D eigenvalue weighted by molar-refractivity contribution is 7.47. The van der Waals surface area contributed by atoms with Crippen LogP contribution in [0.4, 0.5) is 0 Å². The van der Waals surface area contributed by atoms with Crippen molar-refractivity contribution in [3.05, 3.63) is 0 Å². The van der Waals surface area contributed by atoms with Crippen molar-refractivity contribution in [2.24, 2.45) is 5.73 Å². The number of hydrogen-bond donors (Lipinski definition) is 2. The molecule has 0 saturated heterocycles. The maximum atomic E-state index is 12.5. The standard InChI is InChI=1S/C40H80NO8P/c1-3-5-7-9-11-12-13-14-15-16-17-18-19-20-21-22-23-24-25-27-29-31-33-40(43)49-38(37-48-50(44,45)47-35-34-41)36-46-39(42)32-30-28-26-10-8-6-4-2/h38H,3-37,41H2,1-2H3,(H,44,45). The van der Waals surface area contributed by atoms with E-state index in [4.69, 9.17) is 24.3 Å². The third-order valence-electron chi connectivity index (χ3n) is 9.24. The molecular formula is C40H80NO8P. The average Bonchev–Trinajstić information content (AvgIpc) is 3.10. The molecule has 10 heteroatoms. The van der Waals surface area contributed by atoms with Gasteiger partial charge in [-0.2, -0.15) is 0 Å². The van der Waals surface area contributed by atoms with E-state index in [1.165, 1.54) is 148 Å². The van der Waals surface area contributed by atoms with Gasteiger partial charge in [0, 0.05) is 19.4 Å². The van der Waals surface area contributed by atoms with Crippen molar-refractivity contribution in [2.75, 3.05) is 26.4 Å². The lowest BCUT2D eigenvalue weighted by atomic mass is 10.0. The summed E-state index contributed by atoms with van der Waals surface area (Å²) in [4.78, 5) is 34.6. The van der Waals surface area contributed by atoms with Gasteiger partial charge in [-0.1, -0.05) is 187 Å². The lowest BCUT2D eigenvalue weighted by molar-refractivity contribution is -0.161. The molecule has 0 spiro atoms. The summed E-state index contributed by atoms with van der Waals surface area (Å²) >= 11 is 0. The Labute approximate surface area is 307 Å². The summed E-state index contributed by atoms with van der Waals surface area (Å²) in [5.74, 6) is -0.823. The number of esters is 2. The van der Waals surface area contributed by atoms with E-state index in [9.17, 15) is 19.0 Å². The zero-order valence-corrected chi connectivity index (χ0v) is 33.6. The second-order valence-corrected chi connectivity index (χ2v) is 15.7. The third kappa shape index (κ3) is 36.8. The van der Waals surface area contributed by atoms with Crippen molar-refractivity contribution in [3.63, 3.8) is 0 Å². The van der Waals surface area contributed by atoms with Crippen LogP contribution in [0.3, 0.4) is 0 Å². The minimum absolute atomic E-state index is 0.0576. The van der Waals surface area contributed by atoms with Gasteiger partial charge in [0.15, 0.2) is 6.10 Å². The number of ether oxygens (including phenoxy) is 2. The van der Waals surface area contributed by atoms with Crippen LogP contribution in [0.2, 0.25) is 0 Å². The van der Waals surface area contributed by atoms with Crippen LogP contribution in [0.15, 0.2) is 0 Å². The monoisotopic (exact) mass is 734 g/mol. The first kappa shape index (κ1) is 49.0. The van der Waals surface area contributed by atoms with E-state index in [1.54, 1.807) is 0 Å². The first-order chi connectivity index (χ1) is 24.3. The van der Waals surface area contributed by atoms with E-state index >= 15 is 0 Å². The number of unbranched alkanes of at least 4 members (excludes halogenated alkanes) is 27. The molecule has 0 bridgehead atoms. The number of nitrogens with two attached hydrogens (primary N) is 1. The quantitative estimate of drug-likeness (QED) is 0.0358. The molecule has 0 aromatic heterocycles. The number of carbonyl (C=O) groups excluding carboxylic acids is 2. The molecule has 0 radical (unpaired) electrons. The Morgan fingerprint density at radius 1 is 0.520 bits per heavy atom. The van der Waals surface area contributed by atoms with Gasteiger partial charge in [-0.3, -0.25) is 18.6 Å². The SMILES string of the molecule is CCCCCCCCCCCCCCCCCCCCCCCCC(=O)OC(COC(=O)CCCCCCCCC)COP(=O)(O)OCCN. The van der Waals surface area contributed by atoms with Crippen LogP contribution >= 0.6 is 7.82 Å². The largest absolute Gasteiger partial charge is 0.472 e. The second-order valence-electron chi connectivity index (χ2n) is 14.2. The van der Waals surface area contributed by atoms with Crippen molar-refractivity contribution in [1.82, 2.24) is 0 Å². The van der Waals surface area contributed by atoms with E-state index in [1.807, 2.05) is 0 Å². The fourth-order valence-corrected chi connectivity index (χ4v) is 6.87. The van der Waals surface area contributed by atoms with E-state index in [-0.39, 0.29) is 38.6 Å². The molecule has 0 fully saturated rings. The topological polar surface area (TPSA) is 134 Å². The van der Waals surface area contributed by atoms with Crippen LogP contribution < -0.4 is 5.73 Å². The summed E-state index contributed by atoms with van der Waals surface area (Å²) in [5.41, 5.74) is 5.33. The highest BCUT2D eigenvalue weighted by Crippen LogP contribution is 2.43. The van der Waals surface area contributed by atoms with Crippen LogP contribution in [0.25, 0.3) is 0 Å². The molecule has 0 heterocycles. The van der Waals surface area contributed by atoms with Gasteiger partial charge >= 0.3 is 19.8 Å². The molecule has 50 heavy (non-hydrogen) atoms. The molecule has 0 saturated carbocycles. The van der Waals surface area contributed by atoms with Gasteiger partial charge in [0.2, 0.25) is 0 Å². The van der Waals surface area contributed by atoms with Crippen LogP contribution in [0.1, 0.15) is 213 Å². The molecule has 298 valence electrons. The Morgan fingerprint density at radius 3 is 1.22 bits per heavy atom. The Balaban J connectivity index is 3.95. The Hall–Kier alpha value is -0.990. The fourth-order valence-electron chi connectivity index (χ4n) is 6.11. The van der Waals surface area contributed by atoms with Gasteiger partial charge in [0.05, 0.1) is 13.2 Å². The normalized spacial score (nSPS) is 13.3. The average molecular weight is 734 g/mol. The van der Waals surface area contributed by atoms with E-state index in [2.05, 4.69) is 13.8 Å². The summed E-state index contributed by atoms with van der Waals surface area (Å²) in [6, 6.07) is 0. The zero-order valence-electron chi connectivity index (χ0n) is 32.7. The van der Waals surface area contributed by atoms with Crippen molar-refractivity contribution >= 4 is 19.8 Å². The first-order valence-electron chi connectivity index (χ1n) is 21.0. The Bertz CT molecular complexity index is 799. The highest BCUT2D eigenvalue weighted by atomic mass is 31.2. The summed E-state index contributed by atoms with van der Waals surface area (Å²) in [6.07, 6.45) is 35.9. The molecule has 0 aliphatic rings. The van der Waals surface area contributed by atoms with Crippen molar-refractivity contribution in [1.29, 1.82) is 0 Å².